The summed E-state index contributed by atoms with van der Waals surface area (Å²) < 4.78 is 77.7. The number of halogens is 3. The molecule has 0 amide bonds. The molecule has 5 rings (SSSR count). The Morgan fingerprint density at radius 1 is 1.13 bits per heavy atom. The van der Waals surface area contributed by atoms with E-state index in [-0.39, 0.29) is 23.9 Å². The first kappa shape index (κ1) is 27.6. The van der Waals surface area contributed by atoms with Gasteiger partial charge in [-0.15, -0.1) is 4.40 Å². The van der Waals surface area contributed by atoms with Gasteiger partial charge in [-0.3, -0.25) is 4.99 Å². The minimum Gasteiger partial charge on any atom is -0.378 e. The van der Waals surface area contributed by atoms with E-state index in [1.165, 1.54) is 12.1 Å². The average Bonchev–Trinajstić information content (AvgIpc) is 3.19. The van der Waals surface area contributed by atoms with Gasteiger partial charge in [0.2, 0.25) is 0 Å². The lowest BCUT2D eigenvalue weighted by Crippen LogP contribution is -2.39. The Morgan fingerprint density at radius 3 is 2.62 bits per heavy atom. The summed E-state index contributed by atoms with van der Waals surface area (Å²) in [6.07, 6.45) is -2.15. The number of rotatable bonds is 7. The largest absolute Gasteiger partial charge is 0.416 e. The van der Waals surface area contributed by atoms with E-state index in [1.807, 2.05) is 30.3 Å². The molecule has 0 aliphatic carbocycles. The van der Waals surface area contributed by atoms with Crippen LogP contribution in [0.5, 0.6) is 0 Å². The summed E-state index contributed by atoms with van der Waals surface area (Å²) >= 11 is 0. The number of hydrogen-bond acceptors (Lipinski definition) is 5. The van der Waals surface area contributed by atoms with Crippen LogP contribution in [-0.4, -0.2) is 32.6 Å². The van der Waals surface area contributed by atoms with Crippen LogP contribution < -0.4 is 10.0 Å². The zero-order valence-corrected chi connectivity index (χ0v) is 22.7. The third-order valence-electron chi connectivity index (χ3n) is 7.54. The molecule has 0 radical (unpaired) electrons. The summed E-state index contributed by atoms with van der Waals surface area (Å²) in [5.41, 5.74) is 1.86. The lowest BCUT2D eigenvalue weighted by atomic mass is 9.76. The molecule has 2 N–H and O–H groups in total. The number of amidine groups is 1. The van der Waals surface area contributed by atoms with Gasteiger partial charge < -0.3 is 10.1 Å². The van der Waals surface area contributed by atoms with Gasteiger partial charge in [-0.1, -0.05) is 44.2 Å². The predicted molar refractivity (Wildman–Crippen MR) is 145 cm³/mol. The van der Waals surface area contributed by atoms with E-state index in [0.29, 0.717) is 48.7 Å². The highest BCUT2D eigenvalue weighted by atomic mass is 32.2. The van der Waals surface area contributed by atoms with Crippen LogP contribution in [0.15, 0.2) is 57.9 Å². The third-order valence-corrected chi connectivity index (χ3v) is 8.45. The van der Waals surface area contributed by atoms with Gasteiger partial charge >= 0.3 is 16.4 Å². The Kier molecular flexibility index (Phi) is 7.74. The Bertz CT molecular complexity index is 1360. The summed E-state index contributed by atoms with van der Waals surface area (Å²) in [6.45, 7) is 4.63. The standard InChI is InChI=1S/C28H33F3N4O3S/c1-17(2)14-15-32-27-24(34-39(36,37)35-27)13-10-20-9-11-21-25(18-6-4-3-5-7-18)33-23-12-8-19(28(29,30)31)16-22(23)26(21)38-20/h3-8,12,16-17,20-21,25-26,33H,9-11,13-15H2,1-2H3,(H,32,35)/t20-,21+,25+,26+/m1/s1. The number of nitrogens with zero attached hydrogens (tertiary/aromatic N) is 2. The molecule has 0 spiro atoms. The molecule has 0 aromatic heterocycles. The van der Waals surface area contributed by atoms with Gasteiger partial charge in [0.1, 0.15) is 0 Å². The quantitative estimate of drug-likeness (QED) is 0.419. The smallest absolute Gasteiger partial charge is 0.378 e. The van der Waals surface area contributed by atoms with Crippen LogP contribution in [0.1, 0.15) is 74.8 Å². The van der Waals surface area contributed by atoms with Crippen molar-refractivity contribution in [2.45, 2.75) is 70.4 Å². The van der Waals surface area contributed by atoms with Gasteiger partial charge in [0, 0.05) is 23.7 Å². The molecule has 0 saturated carbocycles. The molecule has 1 fully saturated rings. The molecule has 7 nitrogen and oxygen atoms in total. The van der Waals surface area contributed by atoms with Gasteiger partial charge in [-0.2, -0.15) is 21.6 Å². The SMILES string of the molecule is CC(C)CCN=C1NS(=O)(=O)N=C1CC[C@H]1CC[C@@H]2[C@H](O1)c1cc(C(F)(F)F)ccc1N[C@H]2c1ccccc1. The second-order valence-corrected chi connectivity index (χ2v) is 12.2. The molecule has 0 bridgehead atoms. The van der Waals surface area contributed by atoms with Crippen molar-refractivity contribution in [2.24, 2.45) is 21.2 Å². The van der Waals surface area contributed by atoms with Crippen molar-refractivity contribution in [3.05, 3.63) is 65.2 Å². The van der Waals surface area contributed by atoms with Crippen LogP contribution in [0.25, 0.3) is 0 Å². The fourth-order valence-corrected chi connectivity index (χ4v) is 6.49. The van der Waals surface area contributed by atoms with E-state index in [1.54, 1.807) is 0 Å². The van der Waals surface area contributed by atoms with Crippen molar-refractivity contribution in [3.8, 4) is 0 Å². The number of ether oxygens (including phenoxy) is 1. The average molecular weight is 563 g/mol. The Morgan fingerprint density at radius 2 is 1.90 bits per heavy atom. The highest BCUT2D eigenvalue weighted by Gasteiger charge is 2.43. The van der Waals surface area contributed by atoms with Crippen LogP contribution in [0.4, 0.5) is 18.9 Å². The lowest BCUT2D eigenvalue weighted by Gasteiger charge is -2.46. The molecule has 3 aliphatic rings. The summed E-state index contributed by atoms with van der Waals surface area (Å²) in [4.78, 5) is 4.42. The van der Waals surface area contributed by atoms with Crippen molar-refractivity contribution in [1.82, 2.24) is 4.72 Å². The summed E-state index contributed by atoms with van der Waals surface area (Å²) in [6, 6.07) is 13.5. The van der Waals surface area contributed by atoms with Crippen LogP contribution in [0, 0.1) is 11.8 Å². The number of fused-ring (bicyclic) bond motifs is 3. The maximum Gasteiger partial charge on any atom is 0.416 e. The van der Waals surface area contributed by atoms with E-state index in [4.69, 9.17) is 4.74 Å². The van der Waals surface area contributed by atoms with Gasteiger partial charge in [-0.25, -0.2) is 4.72 Å². The summed E-state index contributed by atoms with van der Waals surface area (Å²) in [7, 11) is -3.81. The van der Waals surface area contributed by atoms with E-state index >= 15 is 0 Å². The lowest BCUT2D eigenvalue weighted by molar-refractivity contribution is -0.138. The Balaban J connectivity index is 1.37. The van der Waals surface area contributed by atoms with Crippen molar-refractivity contribution < 1.29 is 26.3 Å². The molecular weight excluding hydrogens is 529 g/mol. The minimum atomic E-state index is -4.46. The number of anilines is 1. The molecular formula is C28H33F3N4O3S. The van der Waals surface area contributed by atoms with Crippen LogP contribution in [-0.2, 0) is 21.1 Å². The topological polar surface area (TPSA) is 92.2 Å². The van der Waals surface area contributed by atoms with E-state index in [9.17, 15) is 21.6 Å². The maximum atomic E-state index is 13.6. The van der Waals surface area contributed by atoms with Gasteiger partial charge in [0.25, 0.3) is 0 Å². The molecule has 11 heteroatoms. The summed E-state index contributed by atoms with van der Waals surface area (Å²) in [5, 5.41) is 3.47. The third kappa shape index (κ3) is 6.30. The molecule has 210 valence electrons. The van der Waals surface area contributed by atoms with Crippen LogP contribution in [0.3, 0.4) is 0 Å². The molecule has 4 atom stereocenters. The second kappa shape index (κ2) is 10.9. The number of aliphatic imine (C=N–C) groups is 1. The normalized spacial score (nSPS) is 26.9. The number of hydrogen-bond donors (Lipinski definition) is 2. The van der Waals surface area contributed by atoms with Crippen molar-refractivity contribution >= 4 is 27.4 Å². The van der Waals surface area contributed by atoms with E-state index in [2.05, 4.69) is 33.3 Å². The molecule has 2 aromatic rings. The van der Waals surface area contributed by atoms with Crippen LogP contribution in [0.2, 0.25) is 0 Å². The van der Waals surface area contributed by atoms with E-state index in [0.717, 1.165) is 24.5 Å². The first-order chi connectivity index (χ1) is 18.5. The first-order valence-corrected chi connectivity index (χ1v) is 14.8. The molecule has 0 unspecified atom stereocenters. The number of nitrogens with one attached hydrogen (secondary N) is 2. The molecule has 39 heavy (non-hydrogen) atoms. The fraction of sp³-hybridized carbons (Fsp3) is 0.500. The van der Waals surface area contributed by atoms with Crippen LogP contribution >= 0.6 is 0 Å². The van der Waals surface area contributed by atoms with Crippen molar-refractivity contribution in [1.29, 1.82) is 0 Å². The fourth-order valence-electron chi connectivity index (χ4n) is 5.55. The predicted octanol–water partition coefficient (Wildman–Crippen LogP) is 6.22. The number of alkyl halides is 3. The zero-order chi connectivity index (χ0) is 27.8. The molecule has 3 heterocycles. The highest BCUT2D eigenvalue weighted by molar-refractivity contribution is 7.89. The van der Waals surface area contributed by atoms with E-state index < -0.39 is 28.1 Å². The maximum absolute atomic E-state index is 13.6. The van der Waals surface area contributed by atoms with Crippen molar-refractivity contribution in [2.75, 3.05) is 11.9 Å². The zero-order valence-electron chi connectivity index (χ0n) is 21.9. The molecule has 2 aromatic carbocycles. The highest BCUT2D eigenvalue weighted by Crippen LogP contribution is 2.51. The Labute approximate surface area is 227 Å². The monoisotopic (exact) mass is 562 g/mol. The van der Waals surface area contributed by atoms with Crippen molar-refractivity contribution in [3.63, 3.8) is 0 Å². The number of benzene rings is 2. The molecule has 1 saturated heterocycles. The Hall–Kier alpha value is -2.92. The van der Waals surface area contributed by atoms with Gasteiger partial charge in [0.05, 0.1) is 29.5 Å². The molecule has 3 aliphatic heterocycles. The summed E-state index contributed by atoms with van der Waals surface area (Å²) in [5.74, 6) is 0.649. The van der Waals surface area contributed by atoms with Gasteiger partial charge in [0.15, 0.2) is 5.84 Å². The second-order valence-electron chi connectivity index (χ2n) is 10.8. The first-order valence-electron chi connectivity index (χ1n) is 13.3. The van der Waals surface area contributed by atoms with Gasteiger partial charge in [-0.05, 0) is 61.8 Å². The minimum absolute atomic E-state index is 0.0568.